The third-order valence-corrected chi connectivity index (χ3v) is 5.10. The Bertz CT molecular complexity index is 553. The van der Waals surface area contributed by atoms with Gasteiger partial charge in [0.1, 0.15) is 6.17 Å². The van der Waals surface area contributed by atoms with Gasteiger partial charge in [-0.25, -0.2) is 9.18 Å². The average molecular weight is 320 g/mol. The zero-order valence-corrected chi connectivity index (χ0v) is 13.9. The molecule has 2 fully saturated rings. The number of nitrogens with zero attached hydrogens (tertiary/aromatic N) is 4. The van der Waals surface area contributed by atoms with Gasteiger partial charge in [0, 0.05) is 58.1 Å². The number of halogens is 1. The van der Waals surface area contributed by atoms with Crippen molar-refractivity contribution in [1.29, 1.82) is 0 Å². The van der Waals surface area contributed by atoms with Gasteiger partial charge in [-0.15, -0.1) is 0 Å². The average Bonchev–Trinajstić information content (AvgIpc) is 2.94. The van der Waals surface area contributed by atoms with Crippen molar-refractivity contribution in [3.63, 3.8) is 0 Å². The molecule has 0 saturated carbocycles. The van der Waals surface area contributed by atoms with E-state index in [0.717, 1.165) is 19.5 Å². The van der Waals surface area contributed by atoms with E-state index in [9.17, 15) is 9.18 Å². The van der Waals surface area contributed by atoms with Crippen LogP contribution in [0.2, 0.25) is 0 Å². The molecule has 2 saturated heterocycles. The lowest BCUT2D eigenvalue weighted by Crippen LogP contribution is -2.55. The van der Waals surface area contributed by atoms with Gasteiger partial charge in [0.2, 0.25) is 0 Å². The molecule has 2 unspecified atom stereocenters. The number of aromatic nitrogens is 1. The fraction of sp³-hybridized carbons (Fsp3) is 0.647. The molecular weight excluding hydrogens is 295 g/mol. The zero-order chi connectivity index (χ0) is 16.4. The number of amides is 2. The molecule has 1 aromatic heterocycles. The third-order valence-electron chi connectivity index (χ3n) is 5.10. The first-order valence-corrected chi connectivity index (χ1v) is 8.22. The summed E-state index contributed by atoms with van der Waals surface area (Å²) in [6.07, 6.45) is 4.02. The lowest BCUT2D eigenvalue weighted by atomic mass is 9.77. The molecule has 0 radical (unpaired) electrons. The van der Waals surface area contributed by atoms with Crippen LogP contribution in [-0.2, 0) is 6.54 Å². The van der Waals surface area contributed by atoms with Crippen molar-refractivity contribution in [1.82, 2.24) is 19.7 Å². The molecule has 23 heavy (non-hydrogen) atoms. The number of carbonyl (C=O) groups is 1. The minimum absolute atomic E-state index is 0.0103. The van der Waals surface area contributed by atoms with Gasteiger partial charge in [0.15, 0.2) is 0 Å². The zero-order valence-electron chi connectivity index (χ0n) is 13.9. The predicted octanol–water partition coefficient (Wildman–Crippen LogP) is 2.00. The van der Waals surface area contributed by atoms with Gasteiger partial charge in [-0.1, -0.05) is 0 Å². The second kappa shape index (κ2) is 6.43. The van der Waals surface area contributed by atoms with Gasteiger partial charge in [-0.2, -0.15) is 0 Å². The SMILES string of the molecule is CN(C)C(=O)N1CCC(F)C2(CCN(Cc3ccncc3)C2)C1. The number of carbonyl (C=O) groups excluding carboxylic acids is 1. The molecule has 6 heteroatoms. The second-order valence-electron chi connectivity index (χ2n) is 7.03. The molecular formula is C17H25FN4O. The van der Waals surface area contributed by atoms with Crippen molar-refractivity contribution < 1.29 is 9.18 Å². The van der Waals surface area contributed by atoms with E-state index in [1.807, 2.05) is 17.0 Å². The maximum absolute atomic E-state index is 14.7. The Morgan fingerprint density at radius 2 is 2.09 bits per heavy atom. The van der Waals surface area contributed by atoms with Crippen LogP contribution in [0.5, 0.6) is 0 Å². The van der Waals surface area contributed by atoms with E-state index in [1.165, 1.54) is 5.56 Å². The Balaban J connectivity index is 1.67. The number of likely N-dealkylation sites (tertiary alicyclic amines) is 2. The van der Waals surface area contributed by atoms with Crippen LogP contribution in [0, 0.1) is 5.41 Å². The first-order valence-electron chi connectivity index (χ1n) is 8.22. The standard InChI is InChI=1S/C17H25FN4O/c1-20(2)16(23)22-9-5-15(18)17(13-22)6-10-21(12-17)11-14-3-7-19-8-4-14/h3-4,7-8,15H,5-6,9-13H2,1-2H3. The Labute approximate surface area is 137 Å². The van der Waals surface area contributed by atoms with Gasteiger partial charge in [-0.05, 0) is 37.1 Å². The molecule has 2 aliphatic heterocycles. The van der Waals surface area contributed by atoms with E-state index in [1.54, 1.807) is 31.4 Å². The molecule has 3 rings (SSSR count). The Hall–Kier alpha value is -1.69. The summed E-state index contributed by atoms with van der Waals surface area (Å²) in [5.41, 5.74) is 0.793. The largest absolute Gasteiger partial charge is 0.331 e. The smallest absolute Gasteiger partial charge is 0.319 e. The van der Waals surface area contributed by atoms with E-state index in [4.69, 9.17) is 0 Å². The summed E-state index contributed by atoms with van der Waals surface area (Å²) < 4.78 is 14.7. The van der Waals surface area contributed by atoms with E-state index in [2.05, 4.69) is 9.88 Å². The highest BCUT2D eigenvalue weighted by Crippen LogP contribution is 2.41. The van der Waals surface area contributed by atoms with Crippen molar-refractivity contribution >= 4 is 6.03 Å². The predicted molar refractivity (Wildman–Crippen MR) is 86.7 cm³/mol. The Morgan fingerprint density at radius 3 is 2.78 bits per heavy atom. The molecule has 2 amide bonds. The molecule has 126 valence electrons. The summed E-state index contributed by atoms with van der Waals surface area (Å²) in [5, 5.41) is 0. The van der Waals surface area contributed by atoms with Crippen LogP contribution >= 0.6 is 0 Å². The highest BCUT2D eigenvalue weighted by Gasteiger charge is 2.49. The molecule has 2 atom stereocenters. The fourth-order valence-corrected chi connectivity index (χ4v) is 3.83. The number of rotatable bonds is 2. The van der Waals surface area contributed by atoms with Crippen LogP contribution in [0.3, 0.4) is 0 Å². The van der Waals surface area contributed by atoms with Crippen LogP contribution < -0.4 is 0 Å². The van der Waals surface area contributed by atoms with Crippen molar-refractivity contribution in [2.75, 3.05) is 40.3 Å². The van der Waals surface area contributed by atoms with Gasteiger partial charge in [0.05, 0.1) is 0 Å². The molecule has 1 spiro atoms. The molecule has 3 heterocycles. The highest BCUT2D eigenvalue weighted by atomic mass is 19.1. The van der Waals surface area contributed by atoms with E-state index in [-0.39, 0.29) is 6.03 Å². The third kappa shape index (κ3) is 3.32. The first-order chi connectivity index (χ1) is 11.0. The van der Waals surface area contributed by atoms with Crippen LogP contribution in [0.4, 0.5) is 9.18 Å². The lowest BCUT2D eigenvalue weighted by Gasteiger charge is -2.43. The van der Waals surface area contributed by atoms with Crippen molar-refractivity contribution in [3.8, 4) is 0 Å². The van der Waals surface area contributed by atoms with Crippen molar-refractivity contribution in [2.45, 2.75) is 25.6 Å². The number of piperidine rings is 1. The van der Waals surface area contributed by atoms with E-state index in [0.29, 0.717) is 26.1 Å². The number of hydrogen-bond acceptors (Lipinski definition) is 3. The Kier molecular flexibility index (Phi) is 4.53. The normalized spacial score (nSPS) is 28.3. The molecule has 0 N–H and O–H groups in total. The van der Waals surface area contributed by atoms with Crippen LogP contribution in [0.15, 0.2) is 24.5 Å². The quantitative estimate of drug-likeness (QED) is 0.837. The number of hydrogen-bond donors (Lipinski definition) is 0. The summed E-state index contributed by atoms with van der Waals surface area (Å²) in [7, 11) is 3.50. The number of alkyl halides is 1. The highest BCUT2D eigenvalue weighted by molar-refractivity contribution is 5.74. The van der Waals surface area contributed by atoms with Crippen LogP contribution in [0.1, 0.15) is 18.4 Å². The number of pyridine rings is 1. The van der Waals surface area contributed by atoms with Crippen LogP contribution in [0.25, 0.3) is 0 Å². The molecule has 0 aliphatic carbocycles. The number of urea groups is 1. The van der Waals surface area contributed by atoms with E-state index < -0.39 is 11.6 Å². The lowest BCUT2D eigenvalue weighted by molar-refractivity contribution is 0.0201. The molecule has 1 aromatic rings. The monoisotopic (exact) mass is 320 g/mol. The van der Waals surface area contributed by atoms with Gasteiger partial charge < -0.3 is 9.80 Å². The summed E-state index contributed by atoms with van der Waals surface area (Å²) in [6, 6.07) is 3.99. The first kappa shape index (κ1) is 16.2. The molecule has 5 nitrogen and oxygen atoms in total. The van der Waals surface area contributed by atoms with E-state index >= 15 is 0 Å². The minimum atomic E-state index is -0.823. The topological polar surface area (TPSA) is 39.7 Å². The van der Waals surface area contributed by atoms with Crippen LogP contribution in [-0.4, -0.2) is 72.2 Å². The summed E-state index contributed by atoms with van der Waals surface area (Å²) >= 11 is 0. The summed E-state index contributed by atoms with van der Waals surface area (Å²) in [5.74, 6) is 0. The fourth-order valence-electron chi connectivity index (χ4n) is 3.83. The molecule has 0 bridgehead atoms. The van der Waals surface area contributed by atoms with Crippen molar-refractivity contribution in [3.05, 3.63) is 30.1 Å². The Morgan fingerprint density at radius 1 is 1.35 bits per heavy atom. The summed E-state index contributed by atoms with van der Waals surface area (Å²) in [6.45, 7) is 3.46. The maximum atomic E-state index is 14.7. The molecule has 2 aliphatic rings. The van der Waals surface area contributed by atoms with Gasteiger partial charge in [-0.3, -0.25) is 9.88 Å². The molecule has 0 aromatic carbocycles. The van der Waals surface area contributed by atoms with Crippen molar-refractivity contribution in [2.24, 2.45) is 5.41 Å². The van der Waals surface area contributed by atoms with Gasteiger partial charge >= 0.3 is 6.03 Å². The second-order valence-corrected chi connectivity index (χ2v) is 7.03. The minimum Gasteiger partial charge on any atom is -0.331 e. The van der Waals surface area contributed by atoms with Gasteiger partial charge in [0.25, 0.3) is 0 Å². The maximum Gasteiger partial charge on any atom is 0.319 e. The summed E-state index contributed by atoms with van der Waals surface area (Å²) in [4.78, 5) is 21.9.